The highest BCUT2D eigenvalue weighted by molar-refractivity contribution is 5.77. The third-order valence-corrected chi connectivity index (χ3v) is 2.85. The highest BCUT2D eigenvalue weighted by Crippen LogP contribution is 2.14. The van der Waals surface area contributed by atoms with Crippen molar-refractivity contribution in [1.29, 1.82) is 0 Å². The van der Waals surface area contributed by atoms with E-state index >= 15 is 0 Å². The Hall–Kier alpha value is -0.860. The minimum absolute atomic E-state index is 0.0582. The van der Waals surface area contributed by atoms with E-state index in [4.69, 9.17) is 5.11 Å². The van der Waals surface area contributed by atoms with Crippen LogP contribution in [0.15, 0.2) is 0 Å². The number of hydrogen-bond acceptors (Lipinski definition) is 4. The number of halogens is 3. The molecule has 0 aliphatic carbocycles. The summed E-state index contributed by atoms with van der Waals surface area (Å²) in [6.45, 7) is 1.02. The molecule has 0 unspecified atom stereocenters. The molecule has 1 N–H and O–H groups in total. The number of carbonyl (C=O) groups excluding carboxylic acids is 1. The van der Waals surface area contributed by atoms with E-state index in [0.29, 0.717) is 26.2 Å². The van der Waals surface area contributed by atoms with Gasteiger partial charge < -0.3 is 14.7 Å². The molecule has 8 heteroatoms. The summed E-state index contributed by atoms with van der Waals surface area (Å²) >= 11 is 0. The van der Waals surface area contributed by atoms with Crippen LogP contribution in [0.4, 0.5) is 13.2 Å². The molecule has 19 heavy (non-hydrogen) atoms. The van der Waals surface area contributed by atoms with E-state index in [-0.39, 0.29) is 6.61 Å². The number of alkyl halides is 3. The fraction of sp³-hybridized carbons (Fsp3) is 0.909. The standard InChI is InChI=1S/C11H19F3N2O3/c12-11(13,14)9-19-8-10(18)16-3-1-2-15(4-5-16)6-7-17/h17H,1-9H2. The molecule has 5 nitrogen and oxygen atoms in total. The van der Waals surface area contributed by atoms with E-state index in [2.05, 4.69) is 4.74 Å². The predicted octanol–water partition coefficient (Wildman–Crippen LogP) is 0.0919. The number of β-amino-alcohol motifs (C(OH)–C–C–N with tert-alkyl or cyclic N) is 1. The zero-order chi connectivity index (χ0) is 14.3. The number of carbonyl (C=O) groups is 1. The molecule has 112 valence electrons. The summed E-state index contributed by atoms with van der Waals surface area (Å²) in [5, 5.41) is 8.83. The lowest BCUT2D eigenvalue weighted by Gasteiger charge is -2.21. The third kappa shape index (κ3) is 6.74. The van der Waals surface area contributed by atoms with E-state index in [1.165, 1.54) is 4.90 Å². The average Bonchev–Trinajstić information content (AvgIpc) is 2.53. The van der Waals surface area contributed by atoms with E-state index in [1.807, 2.05) is 4.90 Å². The van der Waals surface area contributed by atoms with Crippen LogP contribution in [0.3, 0.4) is 0 Å². The van der Waals surface area contributed by atoms with Gasteiger partial charge in [0.25, 0.3) is 0 Å². The molecule has 1 amide bonds. The molecular formula is C11H19F3N2O3. The lowest BCUT2D eigenvalue weighted by molar-refractivity contribution is -0.177. The number of ether oxygens (including phenoxy) is 1. The second kappa shape index (κ2) is 7.66. The maximum atomic E-state index is 11.9. The Bertz CT molecular complexity index is 287. The van der Waals surface area contributed by atoms with Crippen molar-refractivity contribution in [2.75, 3.05) is 52.5 Å². The van der Waals surface area contributed by atoms with Crippen LogP contribution in [0.2, 0.25) is 0 Å². The fourth-order valence-corrected chi connectivity index (χ4v) is 1.93. The van der Waals surface area contributed by atoms with Gasteiger partial charge in [-0.2, -0.15) is 13.2 Å². The van der Waals surface area contributed by atoms with Crippen molar-refractivity contribution in [2.24, 2.45) is 0 Å². The van der Waals surface area contributed by atoms with Gasteiger partial charge >= 0.3 is 6.18 Å². The van der Waals surface area contributed by atoms with E-state index in [0.717, 1.165) is 13.0 Å². The van der Waals surface area contributed by atoms with Gasteiger partial charge in [-0.1, -0.05) is 0 Å². The highest BCUT2D eigenvalue weighted by atomic mass is 19.4. The van der Waals surface area contributed by atoms with Crippen molar-refractivity contribution in [1.82, 2.24) is 9.80 Å². The molecule has 0 atom stereocenters. The van der Waals surface area contributed by atoms with E-state index in [1.54, 1.807) is 0 Å². The van der Waals surface area contributed by atoms with Gasteiger partial charge in [-0.3, -0.25) is 9.69 Å². The summed E-state index contributed by atoms with van der Waals surface area (Å²) in [5.41, 5.74) is 0. The largest absolute Gasteiger partial charge is 0.411 e. The molecule has 1 rings (SSSR count). The number of aliphatic hydroxyl groups excluding tert-OH is 1. The van der Waals surface area contributed by atoms with Crippen molar-refractivity contribution in [3.8, 4) is 0 Å². The van der Waals surface area contributed by atoms with Gasteiger partial charge in [0.2, 0.25) is 5.91 Å². The first-order valence-corrected chi connectivity index (χ1v) is 6.18. The Morgan fingerprint density at radius 2 is 1.95 bits per heavy atom. The Balaban J connectivity index is 2.29. The Kier molecular flexibility index (Phi) is 6.53. The minimum atomic E-state index is -4.41. The van der Waals surface area contributed by atoms with Gasteiger partial charge in [0.15, 0.2) is 0 Å². The average molecular weight is 284 g/mol. The van der Waals surface area contributed by atoms with Gasteiger partial charge in [-0.25, -0.2) is 0 Å². The van der Waals surface area contributed by atoms with Crippen molar-refractivity contribution >= 4 is 5.91 Å². The zero-order valence-corrected chi connectivity index (χ0v) is 10.7. The van der Waals surface area contributed by atoms with Gasteiger partial charge in [0.05, 0.1) is 6.61 Å². The summed E-state index contributed by atoms with van der Waals surface area (Å²) in [6.07, 6.45) is -3.66. The molecule has 1 heterocycles. The van der Waals surface area contributed by atoms with Crippen molar-refractivity contribution in [3.63, 3.8) is 0 Å². The molecule has 0 radical (unpaired) electrons. The Morgan fingerprint density at radius 3 is 2.58 bits per heavy atom. The van der Waals surface area contributed by atoms with Crippen LogP contribution in [0.5, 0.6) is 0 Å². The van der Waals surface area contributed by atoms with Gasteiger partial charge in [0.1, 0.15) is 13.2 Å². The lowest BCUT2D eigenvalue weighted by Crippen LogP contribution is -2.38. The van der Waals surface area contributed by atoms with Gasteiger partial charge in [0, 0.05) is 26.2 Å². The molecule has 0 bridgehead atoms. The Labute approximate surface area is 109 Å². The number of amides is 1. The lowest BCUT2D eigenvalue weighted by atomic mass is 10.4. The molecule has 0 aromatic carbocycles. The van der Waals surface area contributed by atoms with Gasteiger partial charge in [-0.15, -0.1) is 0 Å². The maximum absolute atomic E-state index is 11.9. The molecule has 0 spiro atoms. The monoisotopic (exact) mass is 284 g/mol. The maximum Gasteiger partial charge on any atom is 0.411 e. The van der Waals surface area contributed by atoms with E-state index in [9.17, 15) is 18.0 Å². The molecule has 1 aliphatic heterocycles. The first-order chi connectivity index (χ1) is 8.92. The van der Waals surface area contributed by atoms with E-state index < -0.39 is 25.3 Å². The van der Waals surface area contributed by atoms with Crippen LogP contribution >= 0.6 is 0 Å². The van der Waals surface area contributed by atoms with Crippen LogP contribution in [0.1, 0.15) is 6.42 Å². The number of nitrogens with zero attached hydrogens (tertiary/aromatic N) is 2. The Morgan fingerprint density at radius 1 is 1.21 bits per heavy atom. The first-order valence-electron chi connectivity index (χ1n) is 6.18. The normalized spacial score (nSPS) is 18.4. The zero-order valence-electron chi connectivity index (χ0n) is 10.7. The first kappa shape index (κ1) is 16.2. The summed E-state index contributed by atoms with van der Waals surface area (Å²) in [7, 11) is 0. The van der Waals surface area contributed by atoms with Crippen molar-refractivity contribution in [2.45, 2.75) is 12.6 Å². The molecule has 1 saturated heterocycles. The van der Waals surface area contributed by atoms with Crippen LogP contribution < -0.4 is 0 Å². The molecule has 0 aromatic rings. The summed E-state index contributed by atoms with van der Waals surface area (Å²) in [6, 6.07) is 0. The highest BCUT2D eigenvalue weighted by Gasteiger charge is 2.28. The second-order valence-corrected chi connectivity index (χ2v) is 4.41. The van der Waals surface area contributed by atoms with Crippen LogP contribution in [-0.4, -0.2) is 79.5 Å². The molecule has 0 aromatic heterocycles. The SMILES string of the molecule is O=C(COCC(F)(F)F)N1CCCN(CCO)CC1. The van der Waals surface area contributed by atoms with Crippen LogP contribution in [0.25, 0.3) is 0 Å². The summed E-state index contributed by atoms with van der Waals surface area (Å²) < 4.78 is 40.0. The number of aliphatic hydroxyl groups is 1. The van der Waals surface area contributed by atoms with Crippen molar-refractivity contribution < 1.29 is 27.8 Å². The summed E-state index contributed by atoms with van der Waals surface area (Å²) in [5.74, 6) is -0.421. The quantitative estimate of drug-likeness (QED) is 0.777. The molecule has 1 fully saturated rings. The smallest absolute Gasteiger partial charge is 0.395 e. The van der Waals surface area contributed by atoms with Crippen LogP contribution in [-0.2, 0) is 9.53 Å². The topological polar surface area (TPSA) is 53.0 Å². The minimum Gasteiger partial charge on any atom is -0.395 e. The fourth-order valence-electron chi connectivity index (χ4n) is 1.93. The van der Waals surface area contributed by atoms with Gasteiger partial charge in [-0.05, 0) is 13.0 Å². The van der Waals surface area contributed by atoms with Crippen molar-refractivity contribution in [3.05, 3.63) is 0 Å². The third-order valence-electron chi connectivity index (χ3n) is 2.85. The summed E-state index contributed by atoms with van der Waals surface area (Å²) in [4.78, 5) is 15.2. The second-order valence-electron chi connectivity index (χ2n) is 4.41. The van der Waals surface area contributed by atoms with Crippen LogP contribution in [0, 0.1) is 0 Å². The molecular weight excluding hydrogens is 265 g/mol. The molecule has 1 aliphatic rings. The molecule has 0 saturated carbocycles. The number of hydrogen-bond donors (Lipinski definition) is 1. The predicted molar refractivity (Wildman–Crippen MR) is 61.6 cm³/mol. The number of rotatable bonds is 5.